The van der Waals surface area contributed by atoms with E-state index in [4.69, 9.17) is 27.2 Å². The van der Waals surface area contributed by atoms with Crippen molar-refractivity contribution in [1.29, 1.82) is 10.5 Å². The molecule has 0 aliphatic carbocycles. The van der Waals surface area contributed by atoms with Crippen LogP contribution in [0.3, 0.4) is 0 Å². The van der Waals surface area contributed by atoms with E-state index < -0.39 is 28.7 Å². The van der Waals surface area contributed by atoms with Gasteiger partial charge < -0.3 is 5.11 Å². The molecule has 0 aliphatic heterocycles. The standard InChI is InChI=1S/C10H4ClFN4O2/c11-7-2-1-6(10(17)18)9(8(7)12)16-15-5(3-13)4-14/h1-2,16H,(H,17,18). The van der Waals surface area contributed by atoms with Gasteiger partial charge in [0.1, 0.15) is 17.8 Å². The number of hydrogen-bond acceptors (Lipinski definition) is 5. The molecule has 1 aromatic carbocycles. The van der Waals surface area contributed by atoms with Crippen molar-refractivity contribution in [3.05, 3.63) is 28.5 Å². The molecule has 0 amide bonds. The monoisotopic (exact) mass is 266 g/mol. The molecule has 1 rings (SSSR count). The molecule has 8 heteroatoms. The molecule has 0 saturated heterocycles. The second-order valence-corrected chi connectivity index (χ2v) is 3.29. The second kappa shape index (κ2) is 5.62. The number of halogens is 2. The molecule has 0 atom stereocenters. The van der Waals surface area contributed by atoms with Crippen molar-refractivity contribution in [3.8, 4) is 12.1 Å². The van der Waals surface area contributed by atoms with E-state index in [9.17, 15) is 9.18 Å². The Hall–Kier alpha value is -2.64. The van der Waals surface area contributed by atoms with Crippen LogP contribution in [0.5, 0.6) is 0 Å². The second-order valence-electron chi connectivity index (χ2n) is 2.88. The summed E-state index contributed by atoms with van der Waals surface area (Å²) in [6.07, 6.45) is 0. The van der Waals surface area contributed by atoms with Gasteiger partial charge >= 0.3 is 5.97 Å². The highest BCUT2D eigenvalue weighted by molar-refractivity contribution is 6.31. The maximum Gasteiger partial charge on any atom is 0.337 e. The van der Waals surface area contributed by atoms with Crippen molar-refractivity contribution in [3.63, 3.8) is 0 Å². The van der Waals surface area contributed by atoms with Crippen LogP contribution in [0.1, 0.15) is 10.4 Å². The fraction of sp³-hybridized carbons (Fsp3) is 0. The van der Waals surface area contributed by atoms with Crippen molar-refractivity contribution >= 4 is 29.0 Å². The summed E-state index contributed by atoms with van der Waals surface area (Å²) in [4.78, 5) is 10.8. The summed E-state index contributed by atoms with van der Waals surface area (Å²) < 4.78 is 13.6. The molecule has 0 radical (unpaired) electrons. The van der Waals surface area contributed by atoms with E-state index >= 15 is 0 Å². The number of hydrogen-bond donors (Lipinski definition) is 2. The van der Waals surface area contributed by atoms with Crippen molar-refractivity contribution in [1.82, 2.24) is 0 Å². The Balaban J connectivity index is 3.28. The molecule has 0 saturated carbocycles. The van der Waals surface area contributed by atoms with E-state index in [1.165, 1.54) is 12.1 Å². The zero-order valence-corrected chi connectivity index (χ0v) is 9.36. The third-order valence-electron chi connectivity index (χ3n) is 1.82. The molecular formula is C10H4ClFN4O2. The van der Waals surface area contributed by atoms with Crippen LogP contribution in [0.2, 0.25) is 5.02 Å². The number of carbonyl (C=O) groups is 1. The van der Waals surface area contributed by atoms with Crippen molar-refractivity contribution < 1.29 is 14.3 Å². The summed E-state index contributed by atoms with van der Waals surface area (Å²) in [5.74, 6) is -2.44. The van der Waals surface area contributed by atoms with Gasteiger partial charge in [-0.15, -0.1) is 0 Å². The van der Waals surface area contributed by atoms with Gasteiger partial charge in [-0.05, 0) is 12.1 Å². The summed E-state index contributed by atoms with van der Waals surface area (Å²) >= 11 is 5.49. The van der Waals surface area contributed by atoms with Gasteiger partial charge in [-0.25, -0.2) is 9.18 Å². The van der Waals surface area contributed by atoms with Gasteiger partial charge in [0, 0.05) is 0 Å². The van der Waals surface area contributed by atoms with Crippen LogP contribution in [0.4, 0.5) is 10.1 Å². The van der Waals surface area contributed by atoms with E-state index in [0.29, 0.717) is 0 Å². The Labute approximate surface area is 106 Å². The van der Waals surface area contributed by atoms with E-state index in [1.54, 1.807) is 0 Å². The van der Waals surface area contributed by atoms with Gasteiger partial charge in [-0.2, -0.15) is 15.6 Å². The summed E-state index contributed by atoms with van der Waals surface area (Å²) in [7, 11) is 0. The first kappa shape index (κ1) is 13.4. The van der Waals surface area contributed by atoms with Gasteiger partial charge in [0.2, 0.25) is 5.71 Å². The van der Waals surface area contributed by atoms with Crippen molar-refractivity contribution in [2.24, 2.45) is 5.10 Å². The van der Waals surface area contributed by atoms with E-state index in [1.807, 2.05) is 5.43 Å². The number of nitriles is 2. The minimum Gasteiger partial charge on any atom is -0.478 e. The zero-order chi connectivity index (χ0) is 13.7. The maximum atomic E-state index is 13.6. The third-order valence-corrected chi connectivity index (χ3v) is 2.11. The number of rotatable bonds is 3. The van der Waals surface area contributed by atoms with Crippen LogP contribution in [0.25, 0.3) is 0 Å². The first-order valence-electron chi connectivity index (χ1n) is 4.36. The first-order valence-corrected chi connectivity index (χ1v) is 4.74. The maximum absolute atomic E-state index is 13.6. The number of carboxylic acids is 1. The fourth-order valence-electron chi connectivity index (χ4n) is 1.02. The first-order chi connectivity index (χ1) is 8.51. The number of anilines is 1. The molecule has 90 valence electrons. The summed E-state index contributed by atoms with van der Waals surface area (Å²) in [6.45, 7) is 0. The Morgan fingerprint density at radius 2 is 2.06 bits per heavy atom. The number of nitrogens with zero attached hydrogens (tertiary/aromatic N) is 3. The SMILES string of the molecule is N#CC(C#N)=NNc1c(C(=O)O)ccc(Cl)c1F. The Bertz CT molecular complexity index is 600. The van der Waals surface area contributed by atoms with Crippen LogP contribution in [0, 0.1) is 28.5 Å². The van der Waals surface area contributed by atoms with Crippen molar-refractivity contribution in [2.75, 3.05) is 5.43 Å². The lowest BCUT2D eigenvalue weighted by Gasteiger charge is -2.07. The molecule has 1 aromatic rings. The quantitative estimate of drug-likeness (QED) is 0.642. The lowest BCUT2D eigenvalue weighted by Crippen LogP contribution is -2.06. The van der Waals surface area contributed by atoms with Gasteiger partial charge in [-0.1, -0.05) is 11.6 Å². The molecular weight excluding hydrogens is 263 g/mol. The Morgan fingerprint density at radius 3 is 2.56 bits per heavy atom. The highest BCUT2D eigenvalue weighted by Gasteiger charge is 2.17. The molecule has 6 nitrogen and oxygen atoms in total. The topological polar surface area (TPSA) is 109 Å². The molecule has 0 aliphatic rings. The van der Waals surface area contributed by atoms with Crippen LogP contribution in [-0.4, -0.2) is 16.8 Å². The molecule has 0 heterocycles. The van der Waals surface area contributed by atoms with E-state index in [0.717, 1.165) is 12.1 Å². The average molecular weight is 267 g/mol. The molecule has 18 heavy (non-hydrogen) atoms. The van der Waals surface area contributed by atoms with Crippen LogP contribution in [0.15, 0.2) is 17.2 Å². The van der Waals surface area contributed by atoms with Crippen molar-refractivity contribution in [2.45, 2.75) is 0 Å². The van der Waals surface area contributed by atoms with Gasteiger partial charge in [0.15, 0.2) is 5.82 Å². The largest absolute Gasteiger partial charge is 0.478 e. The minimum absolute atomic E-state index is 0.312. The van der Waals surface area contributed by atoms with Crippen LogP contribution < -0.4 is 5.43 Å². The van der Waals surface area contributed by atoms with Gasteiger partial charge in [-0.3, -0.25) is 5.43 Å². The molecule has 0 bridgehead atoms. The number of nitrogens with one attached hydrogen (secondary N) is 1. The van der Waals surface area contributed by atoms with E-state index in [2.05, 4.69) is 5.10 Å². The zero-order valence-electron chi connectivity index (χ0n) is 8.61. The molecule has 0 aromatic heterocycles. The number of aromatic carboxylic acids is 1. The van der Waals surface area contributed by atoms with E-state index in [-0.39, 0.29) is 5.02 Å². The normalized spacial score (nSPS) is 8.89. The molecule has 0 fully saturated rings. The highest BCUT2D eigenvalue weighted by atomic mass is 35.5. The highest BCUT2D eigenvalue weighted by Crippen LogP contribution is 2.26. The summed E-state index contributed by atoms with van der Waals surface area (Å²) in [6, 6.07) is 5.00. The number of benzene rings is 1. The smallest absolute Gasteiger partial charge is 0.337 e. The Morgan fingerprint density at radius 1 is 1.44 bits per heavy atom. The predicted octanol–water partition coefficient (Wildman–Crippen LogP) is 1.99. The average Bonchev–Trinajstić information content (AvgIpc) is 2.35. The Kier molecular flexibility index (Phi) is 4.19. The molecule has 0 unspecified atom stereocenters. The lowest BCUT2D eigenvalue weighted by atomic mass is 10.2. The lowest BCUT2D eigenvalue weighted by molar-refractivity contribution is 0.0697. The molecule has 0 spiro atoms. The number of hydrazone groups is 1. The predicted molar refractivity (Wildman–Crippen MR) is 60.7 cm³/mol. The fourth-order valence-corrected chi connectivity index (χ4v) is 1.18. The molecule has 2 N–H and O–H groups in total. The third kappa shape index (κ3) is 2.73. The van der Waals surface area contributed by atoms with Crippen LogP contribution in [-0.2, 0) is 0 Å². The summed E-state index contributed by atoms with van der Waals surface area (Å²) in [5, 5.41) is 28.6. The van der Waals surface area contributed by atoms with Gasteiger partial charge in [0.25, 0.3) is 0 Å². The summed E-state index contributed by atoms with van der Waals surface area (Å²) in [5.41, 5.74) is 0.494. The van der Waals surface area contributed by atoms with Gasteiger partial charge in [0.05, 0.1) is 10.6 Å². The minimum atomic E-state index is -1.40. The van der Waals surface area contributed by atoms with Crippen LogP contribution >= 0.6 is 11.6 Å². The number of carboxylic acid groups (broad SMARTS) is 1.